The molecule has 0 spiro atoms. The van der Waals surface area contributed by atoms with Crippen molar-refractivity contribution in [2.75, 3.05) is 0 Å². The Hall–Kier alpha value is -1.20. The van der Waals surface area contributed by atoms with Crippen LogP contribution in [0, 0.1) is 23.3 Å². The van der Waals surface area contributed by atoms with Gasteiger partial charge in [-0.05, 0) is 13.3 Å². The zero-order valence-corrected chi connectivity index (χ0v) is 9.20. The molecule has 0 aliphatic heterocycles. The van der Waals surface area contributed by atoms with Crippen molar-refractivity contribution in [3.05, 3.63) is 29.3 Å². The summed E-state index contributed by atoms with van der Waals surface area (Å²) in [7, 11) is 1.56. The second kappa shape index (κ2) is 4.35. The summed E-state index contributed by atoms with van der Waals surface area (Å²) in [4.78, 5) is 0. The summed E-state index contributed by atoms with van der Waals surface area (Å²) < 4.78 is 57.0. The van der Waals surface area contributed by atoms with E-state index >= 15 is 0 Å². The highest BCUT2D eigenvalue weighted by atomic mass is 19.2. The quantitative estimate of drug-likeness (QED) is 0.443. The van der Waals surface area contributed by atoms with Gasteiger partial charge in [-0.1, -0.05) is 6.92 Å². The molecule has 0 saturated heterocycles. The molecule has 0 bridgehead atoms. The molecular formula is C10H11BF4O. The molecule has 1 aromatic carbocycles. The molecule has 0 amide bonds. The van der Waals surface area contributed by atoms with Crippen molar-refractivity contribution in [3.63, 3.8) is 0 Å². The van der Waals surface area contributed by atoms with Crippen molar-refractivity contribution in [2.45, 2.75) is 25.8 Å². The largest absolute Gasteiger partial charge is 0.491 e. The number of benzene rings is 1. The Kier molecular flexibility index (Phi) is 3.50. The first kappa shape index (κ1) is 12.9. The first-order valence-electron chi connectivity index (χ1n) is 4.80. The van der Waals surface area contributed by atoms with Crippen molar-refractivity contribution in [1.29, 1.82) is 0 Å². The lowest BCUT2D eigenvalue weighted by Crippen LogP contribution is -2.32. The van der Waals surface area contributed by atoms with Gasteiger partial charge in [0.25, 0.3) is 0 Å². The van der Waals surface area contributed by atoms with Gasteiger partial charge >= 0.3 is 0 Å². The van der Waals surface area contributed by atoms with Gasteiger partial charge in [-0.2, -0.15) is 8.78 Å². The van der Waals surface area contributed by atoms with Gasteiger partial charge in [-0.15, -0.1) is 0 Å². The van der Waals surface area contributed by atoms with Crippen LogP contribution in [-0.4, -0.2) is 13.3 Å². The molecular weight excluding hydrogens is 223 g/mol. The molecule has 0 radical (unpaired) electrons. The Labute approximate surface area is 91.8 Å². The fourth-order valence-corrected chi connectivity index (χ4v) is 0.989. The lowest BCUT2D eigenvalue weighted by molar-refractivity contribution is 0.152. The second-order valence-electron chi connectivity index (χ2n) is 4.01. The van der Waals surface area contributed by atoms with Gasteiger partial charge in [0, 0.05) is 6.07 Å². The van der Waals surface area contributed by atoms with E-state index in [-0.39, 0.29) is 6.07 Å². The predicted molar refractivity (Wildman–Crippen MR) is 54.1 cm³/mol. The maximum absolute atomic E-state index is 13.2. The normalized spacial score (nSPS) is 14.6. The molecule has 88 valence electrons. The van der Waals surface area contributed by atoms with Gasteiger partial charge in [0.05, 0.1) is 5.50 Å². The van der Waals surface area contributed by atoms with Crippen LogP contribution >= 0.6 is 0 Å². The molecule has 1 nitrogen and oxygen atoms in total. The van der Waals surface area contributed by atoms with E-state index in [4.69, 9.17) is 4.74 Å². The Morgan fingerprint density at radius 3 is 2.00 bits per heavy atom. The third kappa shape index (κ3) is 2.48. The fourth-order valence-electron chi connectivity index (χ4n) is 0.989. The Bertz CT molecular complexity index is 380. The number of hydrogen-bond acceptors (Lipinski definition) is 1. The van der Waals surface area contributed by atoms with E-state index in [2.05, 4.69) is 0 Å². The average molecular weight is 234 g/mol. The van der Waals surface area contributed by atoms with Crippen LogP contribution in [0.15, 0.2) is 6.07 Å². The predicted octanol–water partition coefficient (Wildman–Crippen LogP) is 2.38. The standard InChI is InChI=1S/C10H11BF4O/c1-3-10(2,11)16-9-7(14)5(12)4-6(13)8(9)15/h4H,3,11H2,1-2H3/t10-/m0/s1. The highest BCUT2D eigenvalue weighted by Crippen LogP contribution is 2.29. The molecule has 0 heterocycles. The Morgan fingerprint density at radius 2 is 1.62 bits per heavy atom. The molecule has 6 heteroatoms. The lowest BCUT2D eigenvalue weighted by Gasteiger charge is -2.25. The van der Waals surface area contributed by atoms with Crippen LogP contribution in [0.3, 0.4) is 0 Å². The van der Waals surface area contributed by atoms with Crippen LogP contribution in [0.4, 0.5) is 17.6 Å². The van der Waals surface area contributed by atoms with Gasteiger partial charge < -0.3 is 4.74 Å². The van der Waals surface area contributed by atoms with E-state index in [1.54, 1.807) is 21.7 Å². The zero-order chi connectivity index (χ0) is 12.5. The van der Waals surface area contributed by atoms with Crippen molar-refractivity contribution in [2.24, 2.45) is 0 Å². The van der Waals surface area contributed by atoms with Crippen LogP contribution in [0.1, 0.15) is 20.3 Å². The van der Waals surface area contributed by atoms with Crippen LogP contribution in [0.5, 0.6) is 5.75 Å². The Balaban J connectivity index is 3.23. The van der Waals surface area contributed by atoms with E-state index in [9.17, 15) is 17.6 Å². The van der Waals surface area contributed by atoms with Crippen LogP contribution < -0.4 is 4.74 Å². The zero-order valence-electron chi connectivity index (χ0n) is 9.20. The highest BCUT2D eigenvalue weighted by molar-refractivity contribution is 6.14. The topological polar surface area (TPSA) is 9.23 Å². The summed E-state index contributed by atoms with van der Waals surface area (Å²) in [5.74, 6) is -6.98. The first-order chi connectivity index (χ1) is 7.28. The number of halogens is 4. The number of hydrogen-bond donors (Lipinski definition) is 0. The maximum atomic E-state index is 13.2. The summed E-state index contributed by atoms with van der Waals surface area (Å²) in [6, 6.07) is 0.149. The number of ether oxygens (including phenoxy) is 1. The molecule has 0 N–H and O–H groups in total. The first-order valence-corrected chi connectivity index (χ1v) is 4.80. The van der Waals surface area contributed by atoms with Crippen LogP contribution in [0.2, 0.25) is 0 Å². The minimum atomic E-state index is -1.51. The van der Waals surface area contributed by atoms with Gasteiger partial charge in [-0.25, -0.2) is 8.78 Å². The maximum Gasteiger partial charge on any atom is 0.203 e. The molecule has 16 heavy (non-hydrogen) atoms. The molecule has 1 aromatic rings. The van der Waals surface area contributed by atoms with Gasteiger partial charge in [0.15, 0.2) is 25.2 Å². The van der Waals surface area contributed by atoms with E-state index in [0.717, 1.165) is 0 Å². The molecule has 1 atom stereocenters. The fraction of sp³-hybridized carbons (Fsp3) is 0.400. The molecule has 0 fully saturated rings. The van der Waals surface area contributed by atoms with Crippen molar-refractivity contribution in [1.82, 2.24) is 0 Å². The Morgan fingerprint density at radius 1 is 1.19 bits per heavy atom. The summed E-state index contributed by atoms with van der Waals surface area (Å²) in [5.41, 5.74) is -0.901. The molecule has 1 rings (SSSR count). The molecule has 0 aromatic heterocycles. The number of rotatable bonds is 3. The average Bonchev–Trinajstić information content (AvgIpc) is 2.22. The molecule has 0 saturated carbocycles. The summed E-state index contributed by atoms with van der Waals surface area (Å²) in [5, 5.41) is 0. The summed E-state index contributed by atoms with van der Waals surface area (Å²) in [6.45, 7) is 3.29. The highest BCUT2D eigenvalue weighted by Gasteiger charge is 2.26. The molecule has 0 aliphatic rings. The van der Waals surface area contributed by atoms with E-state index in [0.29, 0.717) is 6.42 Å². The second-order valence-corrected chi connectivity index (χ2v) is 4.01. The lowest BCUT2D eigenvalue weighted by atomic mass is 9.81. The van der Waals surface area contributed by atoms with Crippen molar-refractivity contribution < 1.29 is 22.3 Å². The van der Waals surface area contributed by atoms with E-state index in [1.165, 1.54) is 0 Å². The SMILES string of the molecule is B[C@](C)(CC)Oc1c(F)c(F)cc(F)c1F. The van der Waals surface area contributed by atoms with Crippen molar-refractivity contribution >= 4 is 7.85 Å². The molecule has 0 unspecified atom stereocenters. The van der Waals surface area contributed by atoms with Gasteiger partial charge in [-0.3, -0.25) is 0 Å². The summed E-state index contributed by atoms with van der Waals surface area (Å²) in [6.07, 6.45) is 0.435. The minimum Gasteiger partial charge on any atom is -0.491 e. The van der Waals surface area contributed by atoms with Crippen LogP contribution in [-0.2, 0) is 0 Å². The van der Waals surface area contributed by atoms with E-state index in [1.807, 2.05) is 0 Å². The monoisotopic (exact) mass is 234 g/mol. The van der Waals surface area contributed by atoms with Crippen LogP contribution in [0.25, 0.3) is 0 Å². The van der Waals surface area contributed by atoms with E-state index < -0.39 is 34.5 Å². The van der Waals surface area contributed by atoms with Gasteiger partial charge in [0.2, 0.25) is 11.6 Å². The molecule has 0 aliphatic carbocycles. The van der Waals surface area contributed by atoms with Crippen molar-refractivity contribution in [3.8, 4) is 5.75 Å². The van der Waals surface area contributed by atoms with Gasteiger partial charge in [0.1, 0.15) is 0 Å². The third-order valence-electron chi connectivity index (χ3n) is 2.30. The minimum absolute atomic E-state index is 0.149. The summed E-state index contributed by atoms with van der Waals surface area (Å²) >= 11 is 0. The third-order valence-corrected chi connectivity index (χ3v) is 2.30. The smallest absolute Gasteiger partial charge is 0.203 e.